The van der Waals surface area contributed by atoms with Crippen LogP contribution in [0.2, 0.25) is 0 Å². The number of aromatic nitrogens is 3. The van der Waals surface area contributed by atoms with Crippen LogP contribution in [0.5, 0.6) is 0 Å². The zero-order valence-corrected chi connectivity index (χ0v) is 11.1. The first-order valence-electron chi connectivity index (χ1n) is 6.43. The van der Waals surface area contributed by atoms with Crippen LogP contribution in [0.25, 0.3) is 11.4 Å². The van der Waals surface area contributed by atoms with Crippen LogP contribution < -0.4 is 5.32 Å². The number of carbonyl (C=O) groups excluding carboxylic acids is 1. The molecule has 0 saturated carbocycles. The molecule has 0 unspecified atom stereocenters. The van der Waals surface area contributed by atoms with E-state index < -0.39 is 0 Å². The fraction of sp³-hybridized carbons (Fsp3) is 0. The number of hydrogen-bond acceptors (Lipinski definition) is 4. The minimum absolute atomic E-state index is 0.242. The van der Waals surface area contributed by atoms with Gasteiger partial charge in [-0.3, -0.25) is 14.8 Å². The second-order valence-corrected chi connectivity index (χ2v) is 4.32. The Bertz CT molecular complexity index is 727. The molecule has 0 aliphatic heterocycles. The molecule has 0 fully saturated rings. The maximum atomic E-state index is 12.1. The largest absolute Gasteiger partial charge is 0.307 e. The van der Waals surface area contributed by atoms with E-state index in [9.17, 15) is 4.79 Å². The number of nitrogens with one attached hydrogen (secondary N) is 1. The number of pyridine rings is 3. The minimum atomic E-state index is -0.242. The molecule has 0 aromatic carbocycles. The summed E-state index contributed by atoms with van der Waals surface area (Å²) in [6.45, 7) is 0. The zero-order valence-electron chi connectivity index (χ0n) is 11.1. The van der Waals surface area contributed by atoms with E-state index in [1.807, 2.05) is 24.3 Å². The van der Waals surface area contributed by atoms with Gasteiger partial charge in [0.25, 0.3) is 5.91 Å². The van der Waals surface area contributed by atoms with Crippen molar-refractivity contribution >= 4 is 11.7 Å². The topological polar surface area (TPSA) is 67.8 Å². The van der Waals surface area contributed by atoms with Gasteiger partial charge in [0.15, 0.2) is 0 Å². The van der Waals surface area contributed by atoms with Crippen molar-refractivity contribution in [1.82, 2.24) is 15.0 Å². The summed E-state index contributed by atoms with van der Waals surface area (Å²) in [6.07, 6.45) is 4.86. The van der Waals surface area contributed by atoms with Crippen molar-refractivity contribution in [2.75, 3.05) is 5.32 Å². The molecule has 3 aromatic rings. The van der Waals surface area contributed by atoms with Gasteiger partial charge in [-0.15, -0.1) is 0 Å². The van der Waals surface area contributed by atoms with Crippen LogP contribution in [-0.2, 0) is 0 Å². The van der Waals surface area contributed by atoms with E-state index in [2.05, 4.69) is 20.3 Å². The van der Waals surface area contributed by atoms with Crippen LogP contribution in [0.4, 0.5) is 5.82 Å². The van der Waals surface area contributed by atoms with Gasteiger partial charge in [0.2, 0.25) is 0 Å². The molecular formula is C16H12N4O. The molecule has 21 heavy (non-hydrogen) atoms. The Balaban J connectivity index is 1.77. The molecule has 0 aliphatic rings. The van der Waals surface area contributed by atoms with Crippen molar-refractivity contribution < 1.29 is 4.79 Å². The van der Waals surface area contributed by atoms with Gasteiger partial charge in [-0.1, -0.05) is 12.1 Å². The lowest BCUT2D eigenvalue weighted by Gasteiger charge is -2.04. The smallest absolute Gasteiger partial charge is 0.258 e. The predicted octanol–water partition coefficient (Wildman–Crippen LogP) is 2.79. The first kappa shape index (κ1) is 12.9. The van der Waals surface area contributed by atoms with Crippen LogP contribution in [0.15, 0.2) is 67.1 Å². The molecule has 3 heterocycles. The van der Waals surface area contributed by atoms with Gasteiger partial charge in [0, 0.05) is 18.6 Å². The molecule has 0 radical (unpaired) electrons. The summed E-state index contributed by atoms with van der Waals surface area (Å²) in [5.74, 6) is 0.269. The highest BCUT2D eigenvalue weighted by Crippen LogP contribution is 2.14. The van der Waals surface area contributed by atoms with Gasteiger partial charge in [-0.25, -0.2) is 4.98 Å². The maximum Gasteiger partial charge on any atom is 0.258 e. The molecule has 0 bridgehead atoms. The highest BCUT2D eigenvalue weighted by atomic mass is 16.1. The van der Waals surface area contributed by atoms with Gasteiger partial charge in [-0.2, -0.15) is 0 Å². The van der Waals surface area contributed by atoms with Crippen LogP contribution in [-0.4, -0.2) is 20.9 Å². The molecule has 1 amide bonds. The molecule has 0 atom stereocenters. The minimum Gasteiger partial charge on any atom is -0.307 e. The van der Waals surface area contributed by atoms with Crippen molar-refractivity contribution in [3.63, 3.8) is 0 Å². The van der Waals surface area contributed by atoms with Gasteiger partial charge >= 0.3 is 0 Å². The van der Waals surface area contributed by atoms with E-state index in [0.29, 0.717) is 11.4 Å². The summed E-state index contributed by atoms with van der Waals surface area (Å²) in [7, 11) is 0. The molecule has 3 rings (SSSR count). The van der Waals surface area contributed by atoms with E-state index in [4.69, 9.17) is 0 Å². The van der Waals surface area contributed by atoms with Crippen molar-refractivity contribution in [2.24, 2.45) is 0 Å². The normalized spacial score (nSPS) is 10.1. The SMILES string of the molecule is O=C(Nc1ccccn1)c1ccc(-c2ccccn2)nc1. The van der Waals surface area contributed by atoms with Crippen LogP contribution in [0, 0.1) is 0 Å². The average Bonchev–Trinajstić information content (AvgIpc) is 2.57. The summed E-state index contributed by atoms with van der Waals surface area (Å²) >= 11 is 0. The van der Waals surface area contributed by atoms with E-state index in [-0.39, 0.29) is 5.91 Å². The highest BCUT2D eigenvalue weighted by Gasteiger charge is 2.08. The highest BCUT2D eigenvalue weighted by molar-refractivity contribution is 6.03. The monoisotopic (exact) mass is 276 g/mol. The first-order chi connectivity index (χ1) is 10.3. The predicted molar refractivity (Wildman–Crippen MR) is 79.7 cm³/mol. The van der Waals surface area contributed by atoms with Crippen molar-refractivity contribution in [3.05, 3.63) is 72.7 Å². The van der Waals surface area contributed by atoms with Gasteiger partial charge in [0.05, 0.1) is 17.0 Å². The summed E-state index contributed by atoms with van der Waals surface area (Å²) in [5.41, 5.74) is 1.97. The Morgan fingerprint density at radius 2 is 1.57 bits per heavy atom. The lowest BCUT2D eigenvalue weighted by atomic mass is 10.2. The molecule has 0 aliphatic carbocycles. The summed E-state index contributed by atoms with van der Waals surface area (Å²) in [5, 5.41) is 2.71. The van der Waals surface area contributed by atoms with Crippen molar-refractivity contribution in [2.45, 2.75) is 0 Å². The third kappa shape index (κ3) is 3.09. The number of rotatable bonds is 3. The van der Waals surface area contributed by atoms with Gasteiger partial charge < -0.3 is 5.32 Å². The number of amides is 1. The summed E-state index contributed by atoms with van der Waals surface area (Å²) in [6, 6.07) is 14.4. The zero-order chi connectivity index (χ0) is 14.5. The molecule has 5 nitrogen and oxygen atoms in total. The van der Waals surface area contributed by atoms with Crippen LogP contribution in [0.1, 0.15) is 10.4 Å². The molecule has 1 N–H and O–H groups in total. The Morgan fingerprint density at radius 3 is 2.19 bits per heavy atom. The fourth-order valence-electron chi connectivity index (χ4n) is 1.82. The third-order valence-electron chi connectivity index (χ3n) is 2.86. The molecule has 0 spiro atoms. The average molecular weight is 276 g/mol. The molecule has 0 saturated heterocycles. The van der Waals surface area contributed by atoms with E-state index in [0.717, 1.165) is 11.4 Å². The number of carbonyl (C=O) groups is 1. The second-order valence-electron chi connectivity index (χ2n) is 4.32. The first-order valence-corrected chi connectivity index (χ1v) is 6.43. The van der Waals surface area contributed by atoms with Crippen LogP contribution >= 0.6 is 0 Å². The number of anilines is 1. The van der Waals surface area contributed by atoms with Crippen molar-refractivity contribution in [3.8, 4) is 11.4 Å². The van der Waals surface area contributed by atoms with Crippen molar-refractivity contribution in [1.29, 1.82) is 0 Å². The maximum absolute atomic E-state index is 12.1. The van der Waals surface area contributed by atoms with Gasteiger partial charge in [0.1, 0.15) is 5.82 Å². The van der Waals surface area contributed by atoms with E-state index >= 15 is 0 Å². The lowest BCUT2D eigenvalue weighted by molar-refractivity contribution is 0.102. The Morgan fingerprint density at radius 1 is 0.810 bits per heavy atom. The van der Waals surface area contributed by atoms with Gasteiger partial charge in [-0.05, 0) is 36.4 Å². The Hall–Kier alpha value is -3.08. The van der Waals surface area contributed by atoms with E-state index in [1.165, 1.54) is 6.20 Å². The number of nitrogens with zero attached hydrogens (tertiary/aromatic N) is 3. The summed E-state index contributed by atoms with van der Waals surface area (Å²) < 4.78 is 0. The molecule has 3 aromatic heterocycles. The summed E-state index contributed by atoms with van der Waals surface area (Å²) in [4.78, 5) is 24.6. The third-order valence-corrected chi connectivity index (χ3v) is 2.86. The molecule has 5 heteroatoms. The Kier molecular flexibility index (Phi) is 3.64. The quantitative estimate of drug-likeness (QED) is 0.798. The second kappa shape index (κ2) is 5.92. The molecule has 102 valence electrons. The standard InChI is InChI=1S/C16H12N4O/c21-16(20-15-6-2-4-10-18-15)12-7-8-14(19-11-12)13-5-1-3-9-17-13/h1-11H,(H,18,20,21). The Labute approximate surface area is 121 Å². The molecular weight excluding hydrogens is 264 g/mol. The van der Waals surface area contributed by atoms with E-state index in [1.54, 1.807) is 36.7 Å². The number of hydrogen-bond donors (Lipinski definition) is 1. The van der Waals surface area contributed by atoms with Crippen LogP contribution in [0.3, 0.4) is 0 Å². The lowest BCUT2D eigenvalue weighted by Crippen LogP contribution is -2.13. The fourth-order valence-corrected chi connectivity index (χ4v) is 1.82.